The van der Waals surface area contributed by atoms with E-state index >= 15 is 0 Å². The lowest BCUT2D eigenvalue weighted by atomic mass is 9.85. The number of nitrogens with zero attached hydrogens (tertiary/aromatic N) is 4. The lowest BCUT2D eigenvalue weighted by Crippen LogP contribution is -2.53. The molecular formula is C12H12N4O8. The number of nitro groups is 2. The van der Waals surface area contributed by atoms with Crippen LogP contribution >= 0.6 is 0 Å². The van der Waals surface area contributed by atoms with Crippen molar-refractivity contribution >= 4 is 17.5 Å². The maximum absolute atomic E-state index is 12.2. The fraction of sp³-hybridized carbons (Fsp3) is 0.417. The van der Waals surface area contributed by atoms with Crippen LogP contribution in [0.5, 0.6) is 5.88 Å². The molecule has 1 aliphatic rings. The minimum atomic E-state index is -1.93. The van der Waals surface area contributed by atoms with E-state index in [0.717, 1.165) is 14.1 Å². The van der Waals surface area contributed by atoms with Gasteiger partial charge in [0, 0.05) is 37.1 Å². The predicted octanol–water partition coefficient (Wildman–Crippen LogP) is -0.883. The molecule has 0 unspecified atom stereocenters. The van der Waals surface area contributed by atoms with E-state index in [0.29, 0.717) is 15.5 Å². The molecule has 24 heavy (non-hydrogen) atoms. The standard InChI is InChI=1S/C12H12N4O8/c1-13-8(17)4-5(9(12(13)20)16(23)24)6-3-7(15(21)22)11(19)14(2)10(6)18/h3,5,9,19H,4H2,1-2H3/t5-,9-/m1/s1. The van der Waals surface area contributed by atoms with Crippen LogP contribution in [-0.4, -0.2) is 49.3 Å². The molecule has 1 aromatic heterocycles. The first kappa shape index (κ1) is 17.1. The third kappa shape index (κ3) is 2.47. The van der Waals surface area contributed by atoms with E-state index in [-0.39, 0.29) is 0 Å². The summed E-state index contributed by atoms with van der Waals surface area (Å²) in [5.74, 6) is -4.26. The lowest BCUT2D eigenvalue weighted by Gasteiger charge is -2.29. The molecule has 0 aromatic carbocycles. The number of hydrogen-bond donors (Lipinski definition) is 1. The number of rotatable bonds is 3. The SMILES string of the molecule is CN1C(=O)C[C@H](c2cc([N+](=O)[O-])c(O)n(C)c2=O)[C@@H]([N+](=O)[O-])C1=O. The Labute approximate surface area is 133 Å². The van der Waals surface area contributed by atoms with Crippen molar-refractivity contribution in [3.8, 4) is 5.88 Å². The Morgan fingerprint density at radius 1 is 1.21 bits per heavy atom. The largest absolute Gasteiger partial charge is 0.490 e. The maximum Gasteiger partial charge on any atom is 0.329 e. The molecule has 0 spiro atoms. The first-order valence-electron chi connectivity index (χ1n) is 6.59. The van der Waals surface area contributed by atoms with Crippen molar-refractivity contribution in [1.29, 1.82) is 0 Å². The number of carbonyl (C=O) groups excluding carboxylic acids is 2. The molecule has 0 bridgehead atoms. The smallest absolute Gasteiger partial charge is 0.329 e. The van der Waals surface area contributed by atoms with Gasteiger partial charge in [-0.2, -0.15) is 0 Å². The molecule has 2 heterocycles. The molecular weight excluding hydrogens is 328 g/mol. The highest BCUT2D eigenvalue weighted by Gasteiger charge is 2.50. The molecule has 12 heteroatoms. The van der Waals surface area contributed by atoms with Gasteiger partial charge < -0.3 is 5.11 Å². The average Bonchev–Trinajstić information content (AvgIpc) is 2.49. The van der Waals surface area contributed by atoms with Crippen LogP contribution in [0.15, 0.2) is 10.9 Å². The molecule has 1 aliphatic heterocycles. The highest BCUT2D eigenvalue weighted by molar-refractivity contribution is 6.00. The van der Waals surface area contributed by atoms with Crippen molar-refractivity contribution in [3.05, 3.63) is 42.2 Å². The van der Waals surface area contributed by atoms with E-state index in [2.05, 4.69) is 0 Å². The topological polar surface area (TPSA) is 166 Å². The molecule has 1 N–H and O–H groups in total. The number of pyridine rings is 1. The van der Waals surface area contributed by atoms with Gasteiger partial charge in [-0.1, -0.05) is 0 Å². The van der Waals surface area contributed by atoms with Gasteiger partial charge in [0.25, 0.3) is 17.5 Å². The van der Waals surface area contributed by atoms with Crippen LogP contribution in [0, 0.1) is 20.2 Å². The molecule has 2 rings (SSSR count). The van der Waals surface area contributed by atoms with Crippen molar-refractivity contribution in [2.24, 2.45) is 7.05 Å². The number of likely N-dealkylation sites (tertiary alicyclic amines) is 1. The molecule has 128 valence electrons. The quantitative estimate of drug-likeness (QED) is 0.420. The van der Waals surface area contributed by atoms with Crippen molar-refractivity contribution in [3.63, 3.8) is 0 Å². The second-order valence-electron chi connectivity index (χ2n) is 5.26. The second kappa shape index (κ2) is 5.72. The summed E-state index contributed by atoms with van der Waals surface area (Å²) in [6.45, 7) is 0. The van der Waals surface area contributed by atoms with Gasteiger partial charge in [-0.15, -0.1) is 0 Å². The summed E-state index contributed by atoms with van der Waals surface area (Å²) in [4.78, 5) is 57.0. The molecule has 1 aromatic rings. The average molecular weight is 340 g/mol. The Kier molecular flexibility index (Phi) is 4.06. The summed E-state index contributed by atoms with van der Waals surface area (Å²) in [7, 11) is 2.11. The molecule has 12 nitrogen and oxygen atoms in total. The first-order valence-corrected chi connectivity index (χ1v) is 6.59. The summed E-state index contributed by atoms with van der Waals surface area (Å²) in [5, 5.41) is 31.8. The zero-order valence-electron chi connectivity index (χ0n) is 12.5. The normalized spacial score (nSPS) is 21.0. The Morgan fingerprint density at radius 3 is 2.29 bits per heavy atom. The number of aromatic nitrogens is 1. The summed E-state index contributed by atoms with van der Waals surface area (Å²) in [5.41, 5.74) is -2.26. The van der Waals surface area contributed by atoms with E-state index in [1.165, 1.54) is 0 Å². The number of imide groups is 1. The van der Waals surface area contributed by atoms with Gasteiger partial charge in [-0.3, -0.25) is 44.1 Å². The van der Waals surface area contributed by atoms with Crippen LogP contribution in [-0.2, 0) is 16.6 Å². The van der Waals surface area contributed by atoms with Crippen LogP contribution < -0.4 is 5.56 Å². The minimum Gasteiger partial charge on any atom is -0.490 e. The minimum absolute atomic E-state index is 0.446. The predicted molar refractivity (Wildman–Crippen MR) is 75.9 cm³/mol. The number of amides is 2. The van der Waals surface area contributed by atoms with Gasteiger partial charge in [0.2, 0.25) is 5.91 Å². The van der Waals surface area contributed by atoms with E-state index in [1.807, 2.05) is 0 Å². The number of aromatic hydroxyl groups is 1. The van der Waals surface area contributed by atoms with Crippen molar-refractivity contribution in [2.45, 2.75) is 18.4 Å². The highest BCUT2D eigenvalue weighted by atomic mass is 16.6. The summed E-state index contributed by atoms with van der Waals surface area (Å²) >= 11 is 0. The van der Waals surface area contributed by atoms with Crippen molar-refractivity contribution in [2.75, 3.05) is 7.05 Å². The lowest BCUT2D eigenvalue weighted by molar-refractivity contribution is -0.513. The molecule has 0 radical (unpaired) electrons. The number of piperidine rings is 1. The third-order valence-electron chi connectivity index (χ3n) is 3.95. The third-order valence-corrected chi connectivity index (χ3v) is 3.95. The fourth-order valence-electron chi connectivity index (χ4n) is 2.58. The van der Waals surface area contributed by atoms with Crippen LogP contribution in [0.25, 0.3) is 0 Å². The van der Waals surface area contributed by atoms with Crippen LogP contribution in [0.1, 0.15) is 17.9 Å². The molecule has 2 atom stereocenters. The fourth-order valence-corrected chi connectivity index (χ4v) is 2.58. The van der Waals surface area contributed by atoms with Gasteiger partial charge in [0.05, 0.1) is 10.8 Å². The summed E-state index contributed by atoms with van der Waals surface area (Å²) in [6, 6.07) is -1.26. The summed E-state index contributed by atoms with van der Waals surface area (Å²) in [6.07, 6.45) is -0.537. The number of likely N-dealkylation sites (N-methyl/N-ethyl adjacent to an activating group) is 1. The van der Waals surface area contributed by atoms with E-state index < -0.39 is 62.7 Å². The van der Waals surface area contributed by atoms with E-state index in [9.17, 15) is 39.7 Å². The second-order valence-corrected chi connectivity index (χ2v) is 5.26. The summed E-state index contributed by atoms with van der Waals surface area (Å²) < 4.78 is 0.539. The van der Waals surface area contributed by atoms with Crippen LogP contribution in [0.3, 0.4) is 0 Å². The maximum atomic E-state index is 12.2. The Balaban J connectivity index is 2.71. The van der Waals surface area contributed by atoms with Crippen molar-refractivity contribution < 1.29 is 24.5 Å². The van der Waals surface area contributed by atoms with E-state index in [4.69, 9.17) is 0 Å². The van der Waals surface area contributed by atoms with Crippen LogP contribution in [0.4, 0.5) is 5.69 Å². The Morgan fingerprint density at radius 2 is 1.79 bits per heavy atom. The Bertz CT molecular complexity index is 829. The number of hydrogen-bond acceptors (Lipinski definition) is 8. The Hall–Kier alpha value is -3.31. The zero-order chi connectivity index (χ0) is 18.3. The van der Waals surface area contributed by atoms with Gasteiger partial charge in [-0.05, 0) is 0 Å². The van der Waals surface area contributed by atoms with E-state index in [1.54, 1.807) is 0 Å². The van der Waals surface area contributed by atoms with Crippen molar-refractivity contribution in [1.82, 2.24) is 9.47 Å². The van der Waals surface area contributed by atoms with Crippen LogP contribution in [0.2, 0.25) is 0 Å². The first-order chi connectivity index (χ1) is 11.1. The molecule has 0 aliphatic carbocycles. The monoisotopic (exact) mass is 340 g/mol. The molecule has 2 amide bonds. The molecule has 1 saturated heterocycles. The molecule has 0 saturated carbocycles. The highest BCUT2D eigenvalue weighted by Crippen LogP contribution is 2.33. The zero-order valence-corrected chi connectivity index (χ0v) is 12.5. The number of carbonyl (C=O) groups is 2. The van der Waals surface area contributed by atoms with Gasteiger partial charge >= 0.3 is 11.6 Å². The van der Waals surface area contributed by atoms with Gasteiger partial charge in [0.15, 0.2) is 0 Å². The molecule has 1 fully saturated rings. The van der Waals surface area contributed by atoms with Gasteiger partial charge in [-0.25, -0.2) is 0 Å². The van der Waals surface area contributed by atoms with Gasteiger partial charge in [0.1, 0.15) is 0 Å².